The van der Waals surface area contributed by atoms with E-state index in [-0.39, 0.29) is 23.9 Å². The molecular formula is C11H19NO4. The number of methoxy groups -OCH3 is 1. The second-order valence-corrected chi connectivity index (χ2v) is 4.14. The number of ether oxygens (including phenoxy) is 2. The quantitative estimate of drug-likeness (QED) is 0.656. The van der Waals surface area contributed by atoms with Crippen LogP contribution in [0.2, 0.25) is 0 Å². The molecule has 16 heavy (non-hydrogen) atoms. The molecule has 1 fully saturated rings. The summed E-state index contributed by atoms with van der Waals surface area (Å²) in [5.74, 6) is -0.652. The van der Waals surface area contributed by atoms with E-state index >= 15 is 0 Å². The van der Waals surface area contributed by atoms with Crippen LogP contribution >= 0.6 is 0 Å². The summed E-state index contributed by atoms with van der Waals surface area (Å²) in [7, 11) is 3.03. The van der Waals surface area contributed by atoms with Gasteiger partial charge in [-0.15, -0.1) is 0 Å². The average molecular weight is 229 g/mol. The minimum absolute atomic E-state index is 0.0479. The molecule has 5 heteroatoms. The SMILES string of the molecule is COC(=O)C(C)CN(C)C(=O)[C@@H]1CCCO1. The van der Waals surface area contributed by atoms with Crippen LogP contribution in [0.5, 0.6) is 0 Å². The Morgan fingerprint density at radius 3 is 2.75 bits per heavy atom. The molecule has 1 rings (SSSR count). The van der Waals surface area contributed by atoms with Gasteiger partial charge in [-0.3, -0.25) is 9.59 Å². The lowest BCUT2D eigenvalue weighted by molar-refractivity contribution is -0.147. The molecule has 0 aromatic carbocycles. The molecule has 0 spiro atoms. The Labute approximate surface area is 95.7 Å². The number of nitrogens with zero attached hydrogens (tertiary/aromatic N) is 1. The number of carbonyl (C=O) groups excluding carboxylic acids is 2. The summed E-state index contributed by atoms with van der Waals surface area (Å²) in [5, 5.41) is 0. The summed E-state index contributed by atoms with van der Waals surface area (Å²) in [6.07, 6.45) is 1.38. The van der Waals surface area contributed by atoms with Gasteiger partial charge in [0.25, 0.3) is 5.91 Å². The molecule has 0 aromatic heterocycles. The van der Waals surface area contributed by atoms with Gasteiger partial charge in [0, 0.05) is 20.2 Å². The Balaban J connectivity index is 2.41. The maximum Gasteiger partial charge on any atom is 0.310 e. The van der Waals surface area contributed by atoms with Crippen LogP contribution in [-0.2, 0) is 19.1 Å². The van der Waals surface area contributed by atoms with Gasteiger partial charge < -0.3 is 14.4 Å². The maximum atomic E-state index is 11.8. The first kappa shape index (κ1) is 13.0. The first-order valence-electron chi connectivity index (χ1n) is 5.50. The standard InChI is InChI=1S/C11H19NO4/c1-8(11(14)15-3)7-12(2)10(13)9-5-4-6-16-9/h8-9H,4-7H2,1-3H3/t8?,9-/m0/s1. The van der Waals surface area contributed by atoms with E-state index < -0.39 is 0 Å². The van der Waals surface area contributed by atoms with Crippen molar-refractivity contribution in [1.82, 2.24) is 4.90 Å². The summed E-state index contributed by atoms with van der Waals surface area (Å²) in [6, 6.07) is 0. The molecule has 92 valence electrons. The van der Waals surface area contributed by atoms with E-state index in [0.717, 1.165) is 12.8 Å². The van der Waals surface area contributed by atoms with Crippen molar-refractivity contribution in [1.29, 1.82) is 0 Å². The smallest absolute Gasteiger partial charge is 0.310 e. The van der Waals surface area contributed by atoms with Crippen LogP contribution in [0.25, 0.3) is 0 Å². The highest BCUT2D eigenvalue weighted by Crippen LogP contribution is 2.14. The second-order valence-electron chi connectivity index (χ2n) is 4.14. The van der Waals surface area contributed by atoms with E-state index in [2.05, 4.69) is 4.74 Å². The number of rotatable bonds is 4. The van der Waals surface area contributed by atoms with Gasteiger partial charge in [-0.25, -0.2) is 0 Å². The third-order valence-electron chi connectivity index (χ3n) is 2.73. The Hall–Kier alpha value is -1.10. The number of amides is 1. The Morgan fingerprint density at radius 2 is 2.25 bits per heavy atom. The predicted octanol–water partition coefficient (Wildman–Crippen LogP) is 0.433. The second kappa shape index (κ2) is 5.84. The lowest BCUT2D eigenvalue weighted by Crippen LogP contribution is -2.40. The monoisotopic (exact) mass is 229 g/mol. The van der Waals surface area contributed by atoms with E-state index in [9.17, 15) is 9.59 Å². The molecule has 1 aliphatic heterocycles. The van der Waals surface area contributed by atoms with E-state index in [1.54, 1.807) is 14.0 Å². The summed E-state index contributed by atoms with van der Waals surface area (Å²) < 4.78 is 9.91. The first-order valence-corrected chi connectivity index (χ1v) is 5.50. The van der Waals surface area contributed by atoms with Gasteiger partial charge in [-0.2, -0.15) is 0 Å². The fourth-order valence-electron chi connectivity index (χ4n) is 1.79. The van der Waals surface area contributed by atoms with E-state index in [1.165, 1.54) is 12.0 Å². The molecule has 1 aliphatic rings. The zero-order valence-electron chi connectivity index (χ0n) is 10.1. The van der Waals surface area contributed by atoms with Crippen LogP contribution in [0.4, 0.5) is 0 Å². The zero-order valence-corrected chi connectivity index (χ0v) is 10.1. The van der Waals surface area contributed by atoms with Gasteiger partial charge in [0.05, 0.1) is 13.0 Å². The van der Waals surface area contributed by atoms with Gasteiger partial charge in [0.1, 0.15) is 6.10 Å². The van der Waals surface area contributed by atoms with Gasteiger partial charge in [0.15, 0.2) is 0 Å². The molecule has 0 N–H and O–H groups in total. The molecule has 1 saturated heterocycles. The minimum atomic E-state index is -0.324. The molecular weight excluding hydrogens is 210 g/mol. The molecule has 1 unspecified atom stereocenters. The highest BCUT2D eigenvalue weighted by Gasteiger charge is 2.28. The van der Waals surface area contributed by atoms with Crippen molar-refractivity contribution in [3.63, 3.8) is 0 Å². The highest BCUT2D eigenvalue weighted by molar-refractivity contribution is 5.81. The van der Waals surface area contributed by atoms with Crippen LogP contribution < -0.4 is 0 Å². The molecule has 5 nitrogen and oxygen atoms in total. The Kier molecular flexibility index (Phi) is 4.73. The van der Waals surface area contributed by atoms with Crippen LogP contribution in [0, 0.1) is 5.92 Å². The van der Waals surface area contributed by atoms with Crippen molar-refractivity contribution in [3.8, 4) is 0 Å². The van der Waals surface area contributed by atoms with Crippen molar-refractivity contribution in [3.05, 3.63) is 0 Å². The van der Waals surface area contributed by atoms with Crippen LogP contribution in [0.15, 0.2) is 0 Å². The fourth-order valence-corrected chi connectivity index (χ4v) is 1.79. The van der Waals surface area contributed by atoms with E-state index in [1.807, 2.05) is 0 Å². The maximum absolute atomic E-state index is 11.8. The molecule has 0 bridgehead atoms. The van der Waals surface area contributed by atoms with Crippen LogP contribution in [0.1, 0.15) is 19.8 Å². The van der Waals surface area contributed by atoms with E-state index in [0.29, 0.717) is 13.2 Å². The molecule has 0 aromatic rings. The van der Waals surface area contributed by atoms with Crippen molar-refractivity contribution >= 4 is 11.9 Å². The third-order valence-corrected chi connectivity index (χ3v) is 2.73. The van der Waals surface area contributed by atoms with Crippen LogP contribution in [-0.4, -0.2) is 50.2 Å². The van der Waals surface area contributed by atoms with Gasteiger partial charge in [-0.1, -0.05) is 6.92 Å². The van der Waals surface area contributed by atoms with Gasteiger partial charge in [0.2, 0.25) is 0 Å². The minimum Gasteiger partial charge on any atom is -0.469 e. The van der Waals surface area contributed by atoms with Crippen molar-refractivity contribution in [2.45, 2.75) is 25.9 Å². The number of hydrogen-bond acceptors (Lipinski definition) is 4. The molecule has 0 saturated carbocycles. The Bertz CT molecular complexity index is 261. The molecule has 0 radical (unpaired) electrons. The molecule has 1 amide bonds. The van der Waals surface area contributed by atoms with Crippen molar-refractivity contribution < 1.29 is 19.1 Å². The zero-order chi connectivity index (χ0) is 12.1. The lowest BCUT2D eigenvalue weighted by atomic mass is 10.1. The van der Waals surface area contributed by atoms with Crippen molar-refractivity contribution in [2.75, 3.05) is 27.3 Å². The Morgan fingerprint density at radius 1 is 1.56 bits per heavy atom. The molecule has 1 heterocycles. The highest BCUT2D eigenvalue weighted by atomic mass is 16.5. The largest absolute Gasteiger partial charge is 0.469 e. The molecule has 0 aliphatic carbocycles. The summed E-state index contributed by atoms with van der Waals surface area (Å²) in [4.78, 5) is 24.6. The number of hydrogen-bond donors (Lipinski definition) is 0. The average Bonchev–Trinajstić information content (AvgIpc) is 2.79. The third kappa shape index (κ3) is 3.20. The predicted molar refractivity (Wildman–Crippen MR) is 57.8 cm³/mol. The topological polar surface area (TPSA) is 55.8 Å². The van der Waals surface area contributed by atoms with Gasteiger partial charge >= 0.3 is 5.97 Å². The van der Waals surface area contributed by atoms with Crippen LogP contribution in [0.3, 0.4) is 0 Å². The van der Waals surface area contributed by atoms with Gasteiger partial charge in [-0.05, 0) is 12.8 Å². The normalized spacial score (nSPS) is 21.6. The lowest BCUT2D eigenvalue weighted by Gasteiger charge is -2.22. The number of likely N-dealkylation sites (N-methyl/N-ethyl adjacent to an activating group) is 1. The summed E-state index contributed by atoms with van der Waals surface area (Å²) in [5.41, 5.74) is 0. The van der Waals surface area contributed by atoms with Crippen molar-refractivity contribution in [2.24, 2.45) is 5.92 Å². The summed E-state index contributed by atoms with van der Waals surface area (Å²) >= 11 is 0. The number of esters is 1. The number of carbonyl (C=O) groups is 2. The fraction of sp³-hybridized carbons (Fsp3) is 0.818. The first-order chi connectivity index (χ1) is 7.56. The summed E-state index contributed by atoms with van der Waals surface area (Å²) in [6.45, 7) is 2.76. The van der Waals surface area contributed by atoms with E-state index in [4.69, 9.17) is 4.74 Å². The molecule has 2 atom stereocenters.